The molecule has 0 spiro atoms. The molecule has 3 rings (SSSR count). The van der Waals surface area contributed by atoms with Crippen molar-refractivity contribution in [3.63, 3.8) is 0 Å². The zero-order valence-corrected chi connectivity index (χ0v) is 18.8. The van der Waals surface area contributed by atoms with Gasteiger partial charge in [0.15, 0.2) is 0 Å². The van der Waals surface area contributed by atoms with Gasteiger partial charge in [-0.2, -0.15) is 9.41 Å². The smallest absolute Gasteiger partial charge is 0.243 e. The molecular weight excluding hydrogens is 454 g/mol. The second-order valence-corrected chi connectivity index (χ2v) is 9.06. The highest BCUT2D eigenvalue weighted by Gasteiger charge is 2.26. The van der Waals surface area contributed by atoms with Crippen molar-refractivity contribution in [2.24, 2.45) is 5.10 Å². The number of furan rings is 1. The molecule has 32 heavy (non-hydrogen) atoms. The predicted octanol–water partition coefficient (Wildman–Crippen LogP) is 3.67. The van der Waals surface area contributed by atoms with E-state index in [-0.39, 0.29) is 24.4 Å². The van der Waals surface area contributed by atoms with Crippen LogP contribution in [0.5, 0.6) is 5.75 Å². The molecule has 168 valence electrons. The summed E-state index contributed by atoms with van der Waals surface area (Å²) < 4.78 is 37.8. The van der Waals surface area contributed by atoms with Crippen LogP contribution >= 0.6 is 11.6 Å². The quantitative estimate of drug-likeness (QED) is 0.356. The first kappa shape index (κ1) is 23.5. The summed E-state index contributed by atoms with van der Waals surface area (Å²) in [6.07, 6.45) is 2.86. The number of sulfonamides is 1. The number of rotatable bonds is 10. The molecule has 0 aliphatic heterocycles. The fraction of sp³-hybridized carbons (Fsp3) is 0.182. The topological polar surface area (TPSA) is 101 Å². The Kier molecular flexibility index (Phi) is 8.04. The maximum atomic E-state index is 13.1. The average molecular weight is 476 g/mol. The highest BCUT2D eigenvalue weighted by Crippen LogP contribution is 2.21. The van der Waals surface area contributed by atoms with Crippen molar-refractivity contribution in [1.82, 2.24) is 9.73 Å². The van der Waals surface area contributed by atoms with E-state index in [1.807, 2.05) is 0 Å². The van der Waals surface area contributed by atoms with E-state index in [1.54, 1.807) is 43.5 Å². The van der Waals surface area contributed by atoms with Crippen molar-refractivity contribution in [3.8, 4) is 5.75 Å². The molecule has 0 saturated carbocycles. The lowest BCUT2D eigenvalue weighted by Crippen LogP contribution is -2.34. The summed E-state index contributed by atoms with van der Waals surface area (Å²) in [4.78, 5) is 12.3. The molecule has 0 fully saturated rings. The summed E-state index contributed by atoms with van der Waals surface area (Å²) >= 11 is 5.87. The Hall–Kier alpha value is -3.14. The Morgan fingerprint density at radius 3 is 2.50 bits per heavy atom. The third-order valence-electron chi connectivity index (χ3n) is 4.47. The number of halogens is 1. The van der Waals surface area contributed by atoms with Crippen molar-refractivity contribution < 1.29 is 22.4 Å². The Bertz CT molecular complexity index is 1150. The first-order chi connectivity index (χ1) is 15.4. The van der Waals surface area contributed by atoms with E-state index < -0.39 is 15.9 Å². The second kappa shape index (κ2) is 10.9. The molecule has 0 aliphatic carbocycles. The maximum absolute atomic E-state index is 13.1. The van der Waals surface area contributed by atoms with Crippen molar-refractivity contribution in [2.45, 2.75) is 17.9 Å². The minimum Gasteiger partial charge on any atom is -0.497 e. The van der Waals surface area contributed by atoms with Crippen LogP contribution < -0.4 is 10.2 Å². The molecule has 0 atom stereocenters. The molecule has 0 unspecified atom stereocenters. The van der Waals surface area contributed by atoms with E-state index in [0.29, 0.717) is 16.5 Å². The molecule has 1 aromatic heterocycles. The van der Waals surface area contributed by atoms with E-state index >= 15 is 0 Å². The zero-order chi connectivity index (χ0) is 23.0. The van der Waals surface area contributed by atoms with Gasteiger partial charge in [0, 0.05) is 18.0 Å². The molecule has 3 aromatic rings. The summed E-state index contributed by atoms with van der Waals surface area (Å²) in [7, 11) is -2.30. The van der Waals surface area contributed by atoms with Gasteiger partial charge in [0.1, 0.15) is 11.5 Å². The maximum Gasteiger partial charge on any atom is 0.243 e. The molecular formula is C22H22ClN3O5S. The monoisotopic (exact) mass is 475 g/mol. The number of hydrazone groups is 1. The minimum absolute atomic E-state index is 0.0135. The van der Waals surface area contributed by atoms with Gasteiger partial charge in [-0.1, -0.05) is 11.6 Å². The van der Waals surface area contributed by atoms with E-state index in [4.69, 9.17) is 20.8 Å². The number of methoxy groups -OCH3 is 1. The van der Waals surface area contributed by atoms with Gasteiger partial charge in [0.05, 0.1) is 31.0 Å². The lowest BCUT2D eigenvalue weighted by molar-refractivity contribution is -0.121. The first-order valence-corrected chi connectivity index (χ1v) is 11.4. The second-order valence-electron chi connectivity index (χ2n) is 6.69. The Balaban J connectivity index is 1.64. The fourth-order valence-electron chi connectivity index (χ4n) is 2.77. The molecule has 1 heterocycles. The van der Waals surface area contributed by atoms with Crippen LogP contribution in [0.25, 0.3) is 0 Å². The third-order valence-corrected chi connectivity index (χ3v) is 6.58. The summed E-state index contributed by atoms with van der Waals surface area (Å²) in [5.41, 5.74) is 3.18. The molecule has 0 radical (unpaired) electrons. The van der Waals surface area contributed by atoms with Gasteiger partial charge < -0.3 is 9.15 Å². The van der Waals surface area contributed by atoms with Crippen LogP contribution in [-0.2, 0) is 21.4 Å². The van der Waals surface area contributed by atoms with Gasteiger partial charge in [-0.15, -0.1) is 0 Å². The Morgan fingerprint density at radius 2 is 1.88 bits per heavy atom. The molecule has 10 heteroatoms. The highest BCUT2D eigenvalue weighted by molar-refractivity contribution is 7.89. The number of nitrogens with zero attached hydrogens (tertiary/aromatic N) is 2. The standard InChI is InChI=1S/C22H22ClN3O5S/c1-30-19-8-4-17(5-9-19)15-24-25-22(27)12-13-26(16-20-3-2-14-31-20)32(28,29)21-10-6-18(23)7-11-21/h2-11,14-15H,12-13,16H2,1H3,(H,25,27)/b24-15-. The lowest BCUT2D eigenvalue weighted by Gasteiger charge is -2.21. The third kappa shape index (κ3) is 6.43. The first-order valence-electron chi connectivity index (χ1n) is 9.62. The predicted molar refractivity (Wildman–Crippen MR) is 121 cm³/mol. The number of amides is 1. The molecule has 0 bridgehead atoms. The summed E-state index contributed by atoms with van der Waals surface area (Å²) in [5, 5.41) is 4.34. The Labute approximate surface area is 191 Å². The van der Waals surface area contributed by atoms with Gasteiger partial charge in [0.2, 0.25) is 15.9 Å². The van der Waals surface area contributed by atoms with Gasteiger partial charge in [-0.3, -0.25) is 4.79 Å². The van der Waals surface area contributed by atoms with Crippen molar-refractivity contribution >= 4 is 33.7 Å². The van der Waals surface area contributed by atoms with E-state index in [9.17, 15) is 13.2 Å². The highest BCUT2D eigenvalue weighted by atomic mass is 35.5. The number of ether oxygens (including phenoxy) is 1. The fourth-order valence-corrected chi connectivity index (χ4v) is 4.30. The zero-order valence-electron chi connectivity index (χ0n) is 17.3. The SMILES string of the molecule is COc1ccc(/C=N\NC(=O)CCN(Cc2ccco2)S(=O)(=O)c2ccc(Cl)cc2)cc1. The molecule has 2 aromatic carbocycles. The van der Waals surface area contributed by atoms with E-state index in [2.05, 4.69) is 10.5 Å². The van der Waals surface area contributed by atoms with E-state index in [0.717, 1.165) is 5.56 Å². The largest absolute Gasteiger partial charge is 0.497 e. The number of hydrogen-bond acceptors (Lipinski definition) is 6. The van der Waals surface area contributed by atoms with Crippen LogP contribution in [0, 0.1) is 0 Å². The number of benzene rings is 2. The molecule has 0 aliphatic rings. The average Bonchev–Trinajstić information content (AvgIpc) is 3.30. The van der Waals surface area contributed by atoms with Crippen molar-refractivity contribution in [2.75, 3.05) is 13.7 Å². The Morgan fingerprint density at radius 1 is 1.16 bits per heavy atom. The van der Waals surface area contributed by atoms with Gasteiger partial charge in [-0.05, 0) is 66.2 Å². The van der Waals surface area contributed by atoms with Gasteiger partial charge in [0.25, 0.3) is 0 Å². The summed E-state index contributed by atoms with van der Waals surface area (Å²) in [6.45, 7) is -0.0735. The van der Waals surface area contributed by atoms with Crippen LogP contribution in [0.1, 0.15) is 17.7 Å². The molecule has 1 N–H and O–H groups in total. The van der Waals surface area contributed by atoms with Gasteiger partial charge in [-0.25, -0.2) is 13.8 Å². The van der Waals surface area contributed by atoms with Crippen molar-refractivity contribution in [1.29, 1.82) is 0 Å². The number of carbonyl (C=O) groups excluding carboxylic acids is 1. The van der Waals surface area contributed by atoms with Crippen LogP contribution in [0.2, 0.25) is 5.02 Å². The van der Waals surface area contributed by atoms with Crippen LogP contribution in [-0.4, -0.2) is 38.5 Å². The normalized spacial score (nSPS) is 11.7. The van der Waals surface area contributed by atoms with Crippen LogP contribution in [0.3, 0.4) is 0 Å². The number of nitrogens with one attached hydrogen (secondary N) is 1. The minimum atomic E-state index is -3.88. The molecule has 8 nitrogen and oxygen atoms in total. The molecule has 1 amide bonds. The molecule has 0 saturated heterocycles. The van der Waals surface area contributed by atoms with Crippen LogP contribution in [0.15, 0.2) is 81.3 Å². The van der Waals surface area contributed by atoms with Crippen LogP contribution in [0.4, 0.5) is 0 Å². The number of carbonyl (C=O) groups is 1. The summed E-state index contributed by atoms with van der Waals surface area (Å²) in [5.74, 6) is 0.746. The van der Waals surface area contributed by atoms with Crippen molar-refractivity contribution in [3.05, 3.63) is 83.3 Å². The van der Waals surface area contributed by atoms with Gasteiger partial charge >= 0.3 is 0 Å². The summed E-state index contributed by atoms with van der Waals surface area (Å²) in [6, 6.07) is 16.3. The van der Waals surface area contributed by atoms with E-state index in [1.165, 1.54) is 41.0 Å². The number of hydrogen-bond donors (Lipinski definition) is 1. The lowest BCUT2D eigenvalue weighted by atomic mass is 10.2.